The van der Waals surface area contributed by atoms with Gasteiger partial charge in [0.05, 0.1) is 27.7 Å². The Morgan fingerprint density at radius 1 is 1.12 bits per heavy atom. The molecule has 1 fully saturated rings. The Hall–Kier alpha value is -3.48. The van der Waals surface area contributed by atoms with Crippen LogP contribution in [0.25, 0.3) is 0 Å². The van der Waals surface area contributed by atoms with Crippen LogP contribution in [-0.4, -0.2) is 23.9 Å². The van der Waals surface area contributed by atoms with Crippen molar-refractivity contribution in [3.05, 3.63) is 110 Å². The van der Waals surface area contributed by atoms with Crippen LogP contribution in [0.5, 0.6) is 0 Å². The van der Waals surface area contributed by atoms with Gasteiger partial charge in [-0.25, -0.2) is 8.78 Å². The largest absolute Gasteiger partial charge is 0.366 e. The first-order valence-electron chi connectivity index (χ1n) is 12.0. The van der Waals surface area contributed by atoms with Crippen molar-refractivity contribution < 1.29 is 18.4 Å². The van der Waals surface area contributed by atoms with Crippen LogP contribution in [0.4, 0.5) is 14.5 Å². The molecule has 0 spiro atoms. The van der Waals surface area contributed by atoms with Crippen molar-refractivity contribution in [2.45, 2.75) is 36.8 Å². The monoisotopic (exact) mass is 602 g/mol. The molecule has 206 valence electrons. The highest BCUT2D eigenvalue weighted by molar-refractivity contribution is 6.34. The van der Waals surface area contributed by atoms with E-state index >= 15 is 8.78 Å². The minimum atomic E-state index is -1.80. The third-order valence-electron chi connectivity index (χ3n) is 6.97. The summed E-state index contributed by atoms with van der Waals surface area (Å²) in [6.07, 6.45) is 0.164. The molecule has 0 saturated carbocycles. The number of nitriles is 1. The lowest BCUT2D eigenvalue weighted by Gasteiger charge is -2.35. The second-order valence-electron chi connectivity index (χ2n) is 9.63. The van der Waals surface area contributed by atoms with Crippen molar-refractivity contribution in [2.75, 3.05) is 5.32 Å². The van der Waals surface area contributed by atoms with Gasteiger partial charge in [-0.3, -0.25) is 9.59 Å². The van der Waals surface area contributed by atoms with E-state index in [9.17, 15) is 14.9 Å². The summed E-state index contributed by atoms with van der Waals surface area (Å²) in [4.78, 5) is 25.4. The highest BCUT2D eigenvalue weighted by atomic mass is 35.5. The molecular weight excluding hydrogens is 581 g/mol. The smallest absolute Gasteiger partial charge is 0.250 e. The van der Waals surface area contributed by atoms with Crippen molar-refractivity contribution in [3.8, 4) is 6.07 Å². The van der Waals surface area contributed by atoms with Crippen molar-refractivity contribution in [2.24, 2.45) is 5.73 Å². The van der Waals surface area contributed by atoms with Crippen LogP contribution < -0.4 is 16.4 Å². The Bertz CT molecular complexity index is 1580. The van der Waals surface area contributed by atoms with Gasteiger partial charge in [-0.2, -0.15) is 5.26 Å². The topological polar surface area (TPSA) is 108 Å². The molecule has 3 aromatic carbocycles. The van der Waals surface area contributed by atoms with Crippen LogP contribution in [0.15, 0.2) is 66.7 Å². The van der Waals surface area contributed by atoms with Gasteiger partial charge in [0, 0.05) is 28.2 Å². The Morgan fingerprint density at radius 3 is 2.45 bits per heavy atom. The first-order valence-corrected chi connectivity index (χ1v) is 13.2. The number of amides is 2. The number of benzene rings is 3. The number of nitrogens with two attached hydrogens (primary N) is 1. The SMILES string of the molecule is C=C(C)C[C@@H]1N[C@@H](C(=O)Nc2ccc(C(N)=O)c(Cl)c2)[C@H](c2cccc(Cl)c2F)[C@@]1(C#N)c1ccc(Cl)cc1F. The second-order valence-corrected chi connectivity index (χ2v) is 10.9. The van der Waals surface area contributed by atoms with Crippen molar-refractivity contribution in [3.63, 3.8) is 0 Å². The quantitative estimate of drug-likeness (QED) is 0.267. The first kappa shape index (κ1) is 29.5. The molecule has 11 heteroatoms. The second kappa shape index (κ2) is 11.6. The van der Waals surface area contributed by atoms with E-state index < -0.39 is 46.9 Å². The lowest BCUT2D eigenvalue weighted by Crippen LogP contribution is -2.43. The zero-order valence-corrected chi connectivity index (χ0v) is 23.3. The van der Waals surface area contributed by atoms with Gasteiger partial charge in [-0.05, 0) is 55.3 Å². The van der Waals surface area contributed by atoms with E-state index in [4.69, 9.17) is 40.5 Å². The fourth-order valence-electron chi connectivity index (χ4n) is 5.31. The van der Waals surface area contributed by atoms with Gasteiger partial charge in [0.2, 0.25) is 11.8 Å². The molecule has 40 heavy (non-hydrogen) atoms. The number of anilines is 1. The van der Waals surface area contributed by atoms with Crippen LogP contribution in [0.3, 0.4) is 0 Å². The summed E-state index contributed by atoms with van der Waals surface area (Å²) in [6, 6.07) is 12.3. The third kappa shape index (κ3) is 5.30. The minimum Gasteiger partial charge on any atom is -0.366 e. The summed E-state index contributed by atoms with van der Waals surface area (Å²) in [6.45, 7) is 5.66. The maximum atomic E-state index is 15.6. The fraction of sp³-hybridized carbons (Fsp3) is 0.207. The minimum absolute atomic E-state index is 0.0110. The van der Waals surface area contributed by atoms with E-state index in [1.807, 2.05) is 0 Å². The molecule has 1 saturated heterocycles. The summed E-state index contributed by atoms with van der Waals surface area (Å²) in [5.74, 6) is -4.29. The predicted molar refractivity (Wildman–Crippen MR) is 152 cm³/mol. The molecule has 4 rings (SSSR count). The van der Waals surface area contributed by atoms with Gasteiger partial charge >= 0.3 is 0 Å². The molecule has 1 aliphatic rings. The van der Waals surface area contributed by atoms with Crippen molar-refractivity contribution in [1.82, 2.24) is 5.32 Å². The van der Waals surface area contributed by atoms with Gasteiger partial charge in [-0.15, -0.1) is 6.58 Å². The maximum Gasteiger partial charge on any atom is 0.250 e. The van der Waals surface area contributed by atoms with E-state index in [0.717, 1.165) is 6.07 Å². The standard InChI is InChI=1S/C29H23Cl3F2N4O2/c1-14(2)10-23-29(13-35,19-9-6-15(30)11-22(19)33)24(18-4-3-5-20(31)25(18)34)26(38-23)28(40)37-16-7-8-17(27(36)39)21(32)12-16/h3-9,11-12,23-24,26,38H,1,10H2,2H3,(H2,36,39)(H,37,40)/t23-,24-,26+,29-/m0/s1. The van der Waals surface area contributed by atoms with E-state index in [-0.39, 0.29) is 43.9 Å². The van der Waals surface area contributed by atoms with E-state index in [1.54, 1.807) is 6.92 Å². The molecule has 0 radical (unpaired) electrons. The van der Waals surface area contributed by atoms with Gasteiger partial charge in [0.1, 0.15) is 17.0 Å². The summed E-state index contributed by atoms with van der Waals surface area (Å²) >= 11 is 18.3. The predicted octanol–water partition coefficient (Wildman–Crippen LogP) is 6.51. The highest BCUT2D eigenvalue weighted by Crippen LogP contribution is 2.52. The average molecular weight is 604 g/mol. The van der Waals surface area contributed by atoms with E-state index in [1.165, 1.54) is 48.5 Å². The zero-order valence-electron chi connectivity index (χ0n) is 21.1. The number of primary amides is 1. The fourth-order valence-corrected chi connectivity index (χ4v) is 5.92. The molecule has 4 atom stereocenters. The van der Waals surface area contributed by atoms with Crippen LogP contribution in [0, 0.1) is 23.0 Å². The lowest BCUT2D eigenvalue weighted by molar-refractivity contribution is -0.118. The van der Waals surface area contributed by atoms with Crippen LogP contribution in [0.1, 0.15) is 40.7 Å². The maximum absolute atomic E-state index is 15.6. The molecule has 1 aliphatic heterocycles. The molecule has 6 nitrogen and oxygen atoms in total. The Kier molecular flexibility index (Phi) is 8.52. The third-order valence-corrected chi connectivity index (χ3v) is 7.81. The molecule has 0 aliphatic carbocycles. The normalized spacial score (nSPS) is 22.0. The molecule has 2 amide bonds. The first-order chi connectivity index (χ1) is 18.9. The average Bonchev–Trinajstić information content (AvgIpc) is 3.19. The number of carbonyl (C=O) groups is 2. The number of nitrogens with zero attached hydrogens (tertiary/aromatic N) is 1. The molecular formula is C29H23Cl3F2N4O2. The summed E-state index contributed by atoms with van der Waals surface area (Å²) in [7, 11) is 0. The summed E-state index contributed by atoms with van der Waals surface area (Å²) in [5, 5.41) is 16.5. The molecule has 4 N–H and O–H groups in total. The van der Waals surface area contributed by atoms with Gasteiger partial charge in [-0.1, -0.05) is 58.6 Å². The Morgan fingerprint density at radius 2 is 1.85 bits per heavy atom. The number of hydrogen-bond acceptors (Lipinski definition) is 4. The lowest BCUT2D eigenvalue weighted by atomic mass is 9.64. The van der Waals surface area contributed by atoms with Crippen LogP contribution in [0.2, 0.25) is 15.1 Å². The van der Waals surface area contributed by atoms with E-state index in [2.05, 4.69) is 23.3 Å². The molecule has 1 heterocycles. The van der Waals surface area contributed by atoms with Gasteiger partial charge < -0.3 is 16.4 Å². The number of carbonyl (C=O) groups excluding carboxylic acids is 2. The molecule has 0 unspecified atom stereocenters. The van der Waals surface area contributed by atoms with Crippen LogP contribution in [-0.2, 0) is 10.2 Å². The summed E-state index contributed by atoms with van der Waals surface area (Å²) in [5.41, 5.74) is 4.31. The number of halogens is 5. The Balaban J connectivity index is 1.92. The van der Waals surface area contributed by atoms with E-state index in [0.29, 0.717) is 5.57 Å². The van der Waals surface area contributed by atoms with Crippen molar-refractivity contribution >= 4 is 52.3 Å². The highest BCUT2D eigenvalue weighted by Gasteiger charge is 2.60. The van der Waals surface area contributed by atoms with Gasteiger partial charge in [0.15, 0.2) is 0 Å². The molecule has 3 aromatic rings. The number of nitrogens with one attached hydrogen (secondary N) is 2. The van der Waals surface area contributed by atoms with Crippen molar-refractivity contribution in [1.29, 1.82) is 5.26 Å². The van der Waals surface area contributed by atoms with Gasteiger partial charge in [0.25, 0.3) is 0 Å². The van der Waals surface area contributed by atoms with Crippen LogP contribution >= 0.6 is 34.8 Å². The summed E-state index contributed by atoms with van der Waals surface area (Å²) < 4.78 is 31.2. The Labute approximate surface area is 244 Å². The molecule has 0 aromatic heterocycles. The number of rotatable bonds is 7. The number of hydrogen-bond donors (Lipinski definition) is 3. The zero-order chi connectivity index (χ0) is 29.4. The molecule has 0 bridgehead atoms.